The Morgan fingerprint density at radius 2 is 1.80 bits per heavy atom. The molecule has 20 heavy (non-hydrogen) atoms. The first-order valence-corrected chi connectivity index (χ1v) is 7.06. The summed E-state index contributed by atoms with van der Waals surface area (Å²) in [7, 11) is -2.95. The molecule has 0 heterocycles. The number of nitrogens with two attached hydrogens (primary N) is 1. The number of anilines is 2. The minimum absolute atomic E-state index is 0.258. The van der Waals surface area contributed by atoms with E-state index in [-0.39, 0.29) is 5.69 Å². The summed E-state index contributed by atoms with van der Waals surface area (Å²) in [4.78, 5) is -0.720. The van der Waals surface area contributed by atoms with Crippen molar-refractivity contribution in [3.63, 3.8) is 0 Å². The van der Waals surface area contributed by atoms with Gasteiger partial charge in [-0.25, -0.2) is 17.2 Å². The van der Waals surface area contributed by atoms with Gasteiger partial charge in [0.05, 0.1) is 5.69 Å². The van der Waals surface area contributed by atoms with Gasteiger partial charge in [-0.3, -0.25) is 4.31 Å². The van der Waals surface area contributed by atoms with Crippen molar-refractivity contribution in [3.8, 4) is 0 Å². The lowest BCUT2D eigenvalue weighted by molar-refractivity contribution is 0.552. The summed E-state index contributed by atoms with van der Waals surface area (Å²) in [5, 5.41) is 0. The standard InChI is InChI=1S/C13H12F2N2O2S/c1-17(11-4-2-3-10(16)8-11)20(18,19)13-7-9(14)5-6-12(13)15/h2-8H,16H2,1H3. The molecule has 0 radical (unpaired) electrons. The number of sulfonamides is 1. The Hall–Kier alpha value is -2.15. The van der Waals surface area contributed by atoms with Crippen LogP contribution in [0.2, 0.25) is 0 Å². The van der Waals surface area contributed by atoms with Crippen molar-refractivity contribution >= 4 is 21.4 Å². The van der Waals surface area contributed by atoms with E-state index < -0.39 is 26.6 Å². The maximum Gasteiger partial charge on any atom is 0.267 e. The highest BCUT2D eigenvalue weighted by atomic mass is 32.2. The van der Waals surface area contributed by atoms with Crippen molar-refractivity contribution in [2.45, 2.75) is 4.90 Å². The second kappa shape index (κ2) is 5.09. The van der Waals surface area contributed by atoms with Gasteiger partial charge in [-0.15, -0.1) is 0 Å². The van der Waals surface area contributed by atoms with Gasteiger partial charge in [-0.1, -0.05) is 6.07 Å². The Balaban J connectivity index is 2.52. The van der Waals surface area contributed by atoms with E-state index in [2.05, 4.69) is 0 Å². The van der Waals surface area contributed by atoms with E-state index in [4.69, 9.17) is 5.73 Å². The summed E-state index contributed by atoms with van der Waals surface area (Å²) in [6.45, 7) is 0. The zero-order chi connectivity index (χ0) is 14.9. The lowest BCUT2D eigenvalue weighted by Crippen LogP contribution is -2.27. The number of benzene rings is 2. The monoisotopic (exact) mass is 298 g/mol. The van der Waals surface area contributed by atoms with Crippen molar-refractivity contribution in [2.24, 2.45) is 0 Å². The number of hydrogen-bond donors (Lipinski definition) is 1. The molecule has 2 aromatic carbocycles. The van der Waals surface area contributed by atoms with E-state index in [0.717, 1.165) is 16.4 Å². The van der Waals surface area contributed by atoms with Crippen LogP contribution in [0.3, 0.4) is 0 Å². The van der Waals surface area contributed by atoms with Crippen molar-refractivity contribution in [2.75, 3.05) is 17.1 Å². The third-order valence-electron chi connectivity index (χ3n) is 2.77. The molecular formula is C13H12F2N2O2S. The summed E-state index contributed by atoms with van der Waals surface area (Å²) in [6, 6.07) is 8.36. The molecule has 2 aromatic rings. The van der Waals surface area contributed by atoms with Crippen molar-refractivity contribution in [1.82, 2.24) is 0 Å². The Morgan fingerprint density at radius 3 is 2.45 bits per heavy atom. The zero-order valence-electron chi connectivity index (χ0n) is 10.5. The summed E-state index contributed by atoms with van der Waals surface area (Å²) in [6.07, 6.45) is 0. The van der Waals surface area contributed by atoms with Crippen molar-refractivity contribution in [1.29, 1.82) is 0 Å². The van der Waals surface area contributed by atoms with Gasteiger partial charge >= 0.3 is 0 Å². The van der Waals surface area contributed by atoms with Crippen LogP contribution in [-0.4, -0.2) is 15.5 Å². The first kappa shape index (κ1) is 14.3. The molecule has 0 atom stereocenters. The molecule has 0 spiro atoms. The molecule has 2 rings (SSSR count). The van der Waals surface area contributed by atoms with Crippen molar-refractivity contribution in [3.05, 3.63) is 54.1 Å². The maximum atomic E-state index is 13.6. The number of rotatable bonds is 3. The summed E-state index contributed by atoms with van der Waals surface area (Å²) >= 11 is 0. The van der Waals surface area contributed by atoms with E-state index in [0.29, 0.717) is 11.8 Å². The van der Waals surface area contributed by atoms with Crippen molar-refractivity contribution < 1.29 is 17.2 Å². The average Bonchev–Trinajstić information content (AvgIpc) is 2.40. The molecule has 0 aliphatic carbocycles. The number of nitrogen functional groups attached to an aromatic ring is 1. The topological polar surface area (TPSA) is 63.4 Å². The Bertz CT molecular complexity index is 748. The zero-order valence-corrected chi connectivity index (χ0v) is 11.4. The largest absolute Gasteiger partial charge is 0.399 e. The Morgan fingerprint density at radius 1 is 1.10 bits per heavy atom. The van der Waals surface area contributed by atoms with Crippen LogP contribution in [0.5, 0.6) is 0 Å². The van der Waals surface area contributed by atoms with E-state index in [9.17, 15) is 17.2 Å². The lowest BCUT2D eigenvalue weighted by atomic mass is 10.3. The van der Waals surface area contributed by atoms with E-state index in [1.165, 1.54) is 19.2 Å². The van der Waals surface area contributed by atoms with Crippen LogP contribution in [0.1, 0.15) is 0 Å². The van der Waals surface area contributed by atoms with Gasteiger partial charge in [0.15, 0.2) is 0 Å². The van der Waals surface area contributed by atoms with Crippen LogP contribution in [0, 0.1) is 11.6 Å². The Kier molecular flexibility index (Phi) is 3.63. The normalized spacial score (nSPS) is 11.3. The molecular weight excluding hydrogens is 286 g/mol. The predicted molar refractivity (Wildman–Crippen MR) is 72.8 cm³/mol. The molecule has 0 fully saturated rings. The fraction of sp³-hybridized carbons (Fsp3) is 0.0769. The van der Waals surface area contributed by atoms with E-state index in [1.807, 2.05) is 0 Å². The fourth-order valence-corrected chi connectivity index (χ4v) is 2.94. The minimum Gasteiger partial charge on any atom is -0.399 e. The van der Waals surface area contributed by atoms with Crippen LogP contribution >= 0.6 is 0 Å². The van der Waals surface area contributed by atoms with Crippen LogP contribution in [-0.2, 0) is 10.0 Å². The summed E-state index contributed by atoms with van der Waals surface area (Å²) in [5.74, 6) is -1.84. The Labute approximate surface area is 115 Å². The van der Waals surface area contributed by atoms with E-state index >= 15 is 0 Å². The van der Waals surface area contributed by atoms with Gasteiger partial charge in [0.25, 0.3) is 10.0 Å². The molecule has 0 aliphatic heterocycles. The van der Waals surface area contributed by atoms with Gasteiger partial charge in [-0.05, 0) is 36.4 Å². The van der Waals surface area contributed by atoms with Crippen LogP contribution in [0.4, 0.5) is 20.2 Å². The third-order valence-corrected chi connectivity index (χ3v) is 4.57. The number of halogens is 2. The molecule has 2 N–H and O–H groups in total. The van der Waals surface area contributed by atoms with Gasteiger partial charge in [0.1, 0.15) is 16.5 Å². The second-order valence-electron chi connectivity index (χ2n) is 4.14. The highest BCUT2D eigenvalue weighted by Crippen LogP contribution is 2.25. The van der Waals surface area contributed by atoms with Crippen LogP contribution in [0.25, 0.3) is 0 Å². The number of hydrogen-bond acceptors (Lipinski definition) is 3. The molecule has 0 bridgehead atoms. The fourth-order valence-electron chi connectivity index (χ4n) is 1.68. The van der Waals surface area contributed by atoms with Crippen LogP contribution < -0.4 is 10.0 Å². The summed E-state index contributed by atoms with van der Waals surface area (Å²) < 4.78 is 52.2. The second-order valence-corrected chi connectivity index (χ2v) is 6.08. The molecule has 106 valence electrons. The smallest absolute Gasteiger partial charge is 0.267 e. The molecule has 7 heteroatoms. The summed E-state index contributed by atoms with van der Waals surface area (Å²) in [5.41, 5.74) is 6.20. The minimum atomic E-state index is -4.20. The molecule has 0 aromatic heterocycles. The molecule has 0 saturated heterocycles. The van der Waals surface area contributed by atoms with Crippen LogP contribution in [0.15, 0.2) is 47.4 Å². The highest BCUT2D eigenvalue weighted by Gasteiger charge is 2.25. The lowest BCUT2D eigenvalue weighted by Gasteiger charge is -2.20. The highest BCUT2D eigenvalue weighted by molar-refractivity contribution is 7.92. The molecule has 0 saturated carbocycles. The maximum absolute atomic E-state index is 13.6. The number of nitrogens with zero attached hydrogens (tertiary/aromatic N) is 1. The quantitative estimate of drug-likeness (QED) is 0.885. The third kappa shape index (κ3) is 2.57. The van der Waals surface area contributed by atoms with Gasteiger partial charge < -0.3 is 5.73 Å². The predicted octanol–water partition coefficient (Wildman–Crippen LogP) is 2.37. The van der Waals surface area contributed by atoms with E-state index in [1.54, 1.807) is 12.1 Å². The SMILES string of the molecule is CN(c1cccc(N)c1)S(=O)(=O)c1cc(F)ccc1F. The average molecular weight is 298 g/mol. The van der Waals surface area contributed by atoms with Gasteiger partial charge in [0, 0.05) is 12.7 Å². The first-order chi connectivity index (χ1) is 9.32. The van der Waals surface area contributed by atoms with Gasteiger partial charge in [-0.2, -0.15) is 0 Å². The first-order valence-electron chi connectivity index (χ1n) is 5.62. The molecule has 0 aliphatic rings. The van der Waals surface area contributed by atoms with Gasteiger partial charge in [0.2, 0.25) is 0 Å². The molecule has 0 unspecified atom stereocenters. The molecule has 4 nitrogen and oxygen atoms in total. The molecule has 0 amide bonds.